The zero-order valence-corrected chi connectivity index (χ0v) is 26.4. The van der Waals surface area contributed by atoms with Gasteiger partial charge in [-0.15, -0.1) is 0 Å². The number of amides is 2. The molecule has 2 amide bonds. The number of ether oxygens (including phenoxy) is 1. The summed E-state index contributed by atoms with van der Waals surface area (Å²) in [6.45, 7) is 4.50. The average molecular weight is 635 g/mol. The maximum absolute atomic E-state index is 15.5. The van der Waals surface area contributed by atoms with Crippen LogP contribution in [0.25, 0.3) is 22.2 Å². The van der Waals surface area contributed by atoms with Crippen LogP contribution in [0.2, 0.25) is 0 Å². The molecule has 4 N–H and O–H groups in total. The Morgan fingerprint density at radius 3 is 2.30 bits per heavy atom. The maximum Gasteiger partial charge on any atom is 0.323 e. The Balaban J connectivity index is 1.03. The van der Waals surface area contributed by atoms with E-state index in [1.165, 1.54) is 12.4 Å². The van der Waals surface area contributed by atoms with Crippen LogP contribution in [0.3, 0.4) is 0 Å². The van der Waals surface area contributed by atoms with Crippen molar-refractivity contribution in [3.63, 3.8) is 0 Å². The highest BCUT2D eigenvalue weighted by atomic mass is 19.1. The van der Waals surface area contributed by atoms with Crippen LogP contribution in [-0.2, 0) is 0 Å². The van der Waals surface area contributed by atoms with Gasteiger partial charge in [-0.1, -0.05) is 24.3 Å². The molecule has 1 aliphatic heterocycles. The van der Waals surface area contributed by atoms with E-state index in [1.54, 1.807) is 36.4 Å². The van der Waals surface area contributed by atoms with Crippen molar-refractivity contribution in [3.05, 3.63) is 91.1 Å². The molecule has 11 heteroatoms. The first-order valence-electron chi connectivity index (χ1n) is 16.2. The van der Waals surface area contributed by atoms with Gasteiger partial charge in [0.05, 0.1) is 11.1 Å². The number of piperazine rings is 1. The zero-order chi connectivity index (χ0) is 32.3. The van der Waals surface area contributed by atoms with Crippen molar-refractivity contribution in [2.24, 2.45) is 0 Å². The topological polar surface area (TPSA) is 114 Å². The maximum atomic E-state index is 15.5. The van der Waals surface area contributed by atoms with Gasteiger partial charge in [0, 0.05) is 55.7 Å². The lowest BCUT2D eigenvalue weighted by Crippen LogP contribution is -2.49. The van der Waals surface area contributed by atoms with Crippen molar-refractivity contribution >= 4 is 34.3 Å². The number of anilines is 3. The molecule has 47 heavy (non-hydrogen) atoms. The second kappa shape index (κ2) is 13.4. The number of rotatable bonds is 7. The number of likely N-dealkylation sites (N-methyl/N-ethyl adjacent to an activating group) is 1. The average Bonchev–Trinajstić information content (AvgIpc) is 3.49. The van der Waals surface area contributed by atoms with Gasteiger partial charge in [-0.05, 0) is 86.8 Å². The van der Waals surface area contributed by atoms with E-state index >= 15 is 4.39 Å². The van der Waals surface area contributed by atoms with Crippen molar-refractivity contribution in [2.45, 2.75) is 37.8 Å². The van der Waals surface area contributed by atoms with Gasteiger partial charge in [0.15, 0.2) is 0 Å². The third kappa shape index (κ3) is 6.77. The van der Waals surface area contributed by atoms with Crippen LogP contribution in [0.15, 0.2) is 85.3 Å². The lowest BCUT2D eigenvalue weighted by Gasteiger charge is -2.41. The van der Waals surface area contributed by atoms with Crippen LogP contribution in [-0.4, -0.2) is 69.6 Å². The number of carbonyl (C=O) groups is 1. The van der Waals surface area contributed by atoms with Gasteiger partial charge in [0.1, 0.15) is 35.1 Å². The van der Waals surface area contributed by atoms with Gasteiger partial charge >= 0.3 is 6.03 Å². The summed E-state index contributed by atoms with van der Waals surface area (Å²) in [6.07, 6.45) is 7.87. The highest BCUT2D eigenvalue weighted by Gasteiger charge is 2.30. The molecular formula is C36H39FN8O2. The number of benzene rings is 3. The fourth-order valence-corrected chi connectivity index (χ4v) is 6.79. The summed E-state index contributed by atoms with van der Waals surface area (Å²) in [7, 11) is 2.19. The van der Waals surface area contributed by atoms with Crippen LogP contribution in [0.4, 0.5) is 26.4 Å². The van der Waals surface area contributed by atoms with Crippen molar-refractivity contribution in [1.82, 2.24) is 24.3 Å². The number of aromatic nitrogens is 3. The van der Waals surface area contributed by atoms with E-state index in [9.17, 15) is 4.79 Å². The number of fused-ring (bicyclic) bond motifs is 1. The standard InChI is InChI=1S/C36H39FN8O2/c1-43-17-19-44(20-18-43)26-10-12-27(13-11-26)45-22-30(33-34(38)39-23-40-35(33)45)24-7-16-32(31(37)21-24)42-36(46)41-25-8-14-29(15-9-25)47-28-5-3-2-4-6-28/h2-9,14-16,21-23,26-27H,10-13,17-20H2,1H3,(H2,38,39,40)(H2,41,42,46). The predicted octanol–water partition coefficient (Wildman–Crippen LogP) is 6.99. The van der Waals surface area contributed by atoms with Gasteiger partial charge < -0.3 is 30.6 Å². The molecule has 0 radical (unpaired) electrons. The number of carbonyl (C=O) groups excluding carboxylic acids is 1. The van der Waals surface area contributed by atoms with E-state index in [4.69, 9.17) is 10.5 Å². The molecule has 3 aromatic carbocycles. The molecule has 2 fully saturated rings. The Bertz CT molecular complexity index is 1850. The van der Waals surface area contributed by atoms with E-state index in [0.717, 1.165) is 63.1 Å². The zero-order valence-electron chi connectivity index (χ0n) is 26.4. The Kier molecular flexibility index (Phi) is 8.73. The van der Waals surface area contributed by atoms with Gasteiger partial charge in [0.25, 0.3) is 0 Å². The first kappa shape index (κ1) is 30.6. The predicted molar refractivity (Wildman–Crippen MR) is 183 cm³/mol. The molecule has 1 saturated carbocycles. The van der Waals surface area contributed by atoms with Crippen LogP contribution in [0, 0.1) is 5.82 Å². The SMILES string of the molecule is CN1CCN(C2CCC(n3cc(-c4ccc(NC(=O)Nc5ccc(Oc6ccccc6)cc5)c(F)c4)c4c(N)ncnc43)CC2)CC1. The third-order valence-corrected chi connectivity index (χ3v) is 9.37. The summed E-state index contributed by atoms with van der Waals surface area (Å²) in [6, 6.07) is 21.5. The van der Waals surface area contributed by atoms with Crippen molar-refractivity contribution in [1.29, 1.82) is 0 Å². The van der Waals surface area contributed by atoms with Crippen LogP contribution in [0.5, 0.6) is 11.5 Å². The second-order valence-electron chi connectivity index (χ2n) is 12.4. The molecule has 1 aliphatic carbocycles. The van der Waals surface area contributed by atoms with Gasteiger partial charge in [0.2, 0.25) is 0 Å². The summed E-state index contributed by atoms with van der Waals surface area (Å²) in [4.78, 5) is 26.6. The number of nitrogen functional groups attached to an aromatic ring is 1. The molecular weight excluding hydrogens is 595 g/mol. The molecule has 0 bridgehead atoms. The number of nitrogens with two attached hydrogens (primary N) is 1. The van der Waals surface area contributed by atoms with Crippen LogP contribution >= 0.6 is 0 Å². The molecule has 0 unspecified atom stereocenters. The number of halogens is 1. The summed E-state index contributed by atoms with van der Waals surface area (Å²) >= 11 is 0. The number of nitrogens with zero attached hydrogens (tertiary/aromatic N) is 5. The molecule has 0 spiro atoms. The molecule has 1 saturated heterocycles. The summed E-state index contributed by atoms with van der Waals surface area (Å²) in [5, 5.41) is 6.07. The molecule has 10 nitrogen and oxygen atoms in total. The summed E-state index contributed by atoms with van der Waals surface area (Å²) < 4.78 is 23.5. The Hall–Kier alpha value is -5.00. The number of hydrogen-bond acceptors (Lipinski definition) is 7. The van der Waals surface area contributed by atoms with E-state index in [-0.39, 0.29) is 11.7 Å². The highest BCUT2D eigenvalue weighted by molar-refractivity contribution is 6.02. The van der Waals surface area contributed by atoms with Gasteiger partial charge in [-0.2, -0.15) is 0 Å². The van der Waals surface area contributed by atoms with Crippen molar-refractivity contribution < 1.29 is 13.9 Å². The van der Waals surface area contributed by atoms with E-state index in [1.807, 2.05) is 36.5 Å². The number of nitrogens with one attached hydrogen (secondary N) is 2. The second-order valence-corrected chi connectivity index (χ2v) is 12.4. The summed E-state index contributed by atoms with van der Waals surface area (Å²) in [5.41, 5.74) is 9.15. The normalized spacial score (nSPS) is 19.0. The molecule has 2 aromatic heterocycles. The molecule has 2 aliphatic rings. The van der Waals surface area contributed by atoms with E-state index in [2.05, 4.69) is 42.0 Å². The van der Waals surface area contributed by atoms with Crippen molar-refractivity contribution in [2.75, 3.05) is 49.6 Å². The quantitative estimate of drug-likeness (QED) is 0.177. The molecule has 0 atom stereocenters. The van der Waals surface area contributed by atoms with Crippen LogP contribution in [0.1, 0.15) is 31.7 Å². The fraction of sp³-hybridized carbons (Fsp3) is 0.306. The lowest BCUT2D eigenvalue weighted by molar-refractivity contribution is 0.0828. The number of para-hydroxylation sites is 1. The first-order chi connectivity index (χ1) is 22.9. The van der Waals surface area contributed by atoms with Gasteiger partial charge in [-0.3, -0.25) is 4.90 Å². The molecule has 5 aromatic rings. The largest absolute Gasteiger partial charge is 0.457 e. The molecule has 3 heterocycles. The Labute approximate surface area is 273 Å². The smallest absolute Gasteiger partial charge is 0.323 e. The number of urea groups is 1. The van der Waals surface area contributed by atoms with E-state index in [0.29, 0.717) is 40.0 Å². The first-order valence-corrected chi connectivity index (χ1v) is 16.2. The minimum Gasteiger partial charge on any atom is -0.457 e. The highest BCUT2D eigenvalue weighted by Crippen LogP contribution is 2.39. The van der Waals surface area contributed by atoms with E-state index < -0.39 is 11.8 Å². The molecule has 242 valence electrons. The van der Waals surface area contributed by atoms with Gasteiger partial charge in [-0.25, -0.2) is 19.2 Å². The van der Waals surface area contributed by atoms with Crippen LogP contribution < -0.4 is 21.1 Å². The van der Waals surface area contributed by atoms with Crippen molar-refractivity contribution in [3.8, 4) is 22.6 Å². The minimum absolute atomic E-state index is 0.0606. The lowest BCUT2D eigenvalue weighted by atomic mass is 9.89. The Morgan fingerprint density at radius 1 is 0.872 bits per heavy atom. The third-order valence-electron chi connectivity index (χ3n) is 9.37. The monoisotopic (exact) mass is 634 g/mol. The number of hydrogen-bond donors (Lipinski definition) is 3. The summed E-state index contributed by atoms with van der Waals surface area (Å²) in [5.74, 6) is 1.15. The molecule has 7 rings (SSSR count). The Morgan fingerprint density at radius 2 is 1.57 bits per heavy atom. The minimum atomic E-state index is -0.562. The fourth-order valence-electron chi connectivity index (χ4n) is 6.79.